The molecule has 138 valence electrons. The summed E-state index contributed by atoms with van der Waals surface area (Å²) in [7, 11) is 0. The van der Waals surface area contributed by atoms with Crippen molar-refractivity contribution in [1.29, 1.82) is 0 Å². The zero-order chi connectivity index (χ0) is 17.9. The second-order valence-corrected chi connectivity index (χ2v) is 6.94. The highest BCUT2D eigenvalue weighted by Gasteiger charge is 2.15. The summed E-state index contributed by atoms with van der Waals surface area (Å²) in [6, 6.07) is 7.61. The van der Waals surface area contributed by atoms with Gasteiger partial charge in [-0.25, -0.2) is 0 Å². The smallest absolute Gasteiger partial charge is 0.237 e. The quantitative estimate of drug-likeness (QED) is 0.503. The van der Waals surface area contributed by atoms with Crippen LogP contribution < -0.4 is 11.1 Å². The Bertz CT molecular complexity index is 635. The molecule has 0 radical (unpaired) electrons. The zero-order valence-corrected chi connectivity index (χ0v) is 15.5. The molecule has 0 saturated heterocycles. The van der Waals surface area contributed by atoms with Crippen molar-refractivity contribution >= 4 is 16.8 Å². The summed E-state index contributed by atoms with van der Waals surface area (Å²) in [5.74, 6) is -0.0479. The third kappa shape index (κ3) is 6.54. The molecular weight excluding hydrogens is 310 g/mol. The summed E-state index contributed by atoms with van der Waals surface area (Å²) in [5, 5.41) is 4.13. The molecule has 0 fully saturated rings. The number of fused-ring (bicyclic) bond motifs is 1. The van der Waals surface area contributed by atoms with Crippen LogP contribution in [0.4, 0.5) is 0 Å². The van der Waals surface area contributed by atoms with Crippen molar-refractivity contribution in [2.45, 2.75) is 70.8 Å². The fraction of sp³-hybridized carbons (Fsp3) is 0.571. The second kappa shape index (κ2) is 10.9. The SMILES string of the molecule is CCCCCCCCCCNC(=O)[C@@H](N)Cc1c[nH]c2ccccc12. The number of benzene rings is 1. The molecule has 0 spiro atoms. The lowest BCUT2D eigenvalue weighted by Gasteiger charge is -2.12. The average Bonchev–Trinajstić information content (AvgIpc) is 3.03. The molecule has 25 heavy (non-hydrogen) atoms. The van der Waals surface area contributed by atoms with Crippen LogP contribution in [0.1, 0.15) is 63.9 Å². The van der Waals surface area contributed by atoms with Gasteiger partial charge in [-0.3, -0.25) is 4.79 Å². The van der Waals surface area contributed by atoms with Crippen molar-refractivity contribution in [2.75, 3.05) is 6.54 Å². The van der Waals surface area contributed by atoms with Gasteiger partial charge in [0.05, 0.1) is 6.04 Å². The van der Waals surface area contributed by atoms with Gasteiger partial charge in [-0.15, -0.1) is 0 Å². The first-order valence-electron chi connectivity index (χ1n) is 9.80. The number of carbonyl (C=O) groups is 1. The zero-order valence-electron chi connectivity index (χ0n) is 15.5. The number of nitrogens with two attached hydrogens (primary N) is 1. The number of carbonyl (C=O) groups excluding carboxylic acids is 1. The lowest BCUT2D eigenvalue weighted by Crippen LogP contribution is -2.42. The Labute approximate surface area is 151 Å². The summed E-state index contributed by atoms with van der Waals surface area (Å²) in [4.78, 5) is 15.4. The van der Waals surface area contributed by atoms with E-state index in [2.05, 4.69) is 23.3 Å². The normalized spacial score (nSPS) is 12.4. The first-order chi connectivity index (χ1) is 12.2. The number of amides is 1. The van der Waals surface area contributed by atoms with E-state index in [1.165, 1.54) is 44.9 Å². The second-order valence-electron chi connectivity index (χ2n) is 6.94. The molecule has 4 nitrogen and oxygen atoms in total. The van der Waals surface area contributed by atoms with E-state index in [0.717, 1.165) is 29.4 Å². The predicted molar refractivity (Wildman–Crippen MR) is 106 cm³/mol. The number of hydrogen-bond acceptors (Lipinski definition) is 2. The van der Waals surface area contributed by atoms with Gasteiger partial charge in [-0.05, 0) is 24.5 Å². The molecule has 0 aliphatic rings. The van der Waals surface area contributed by atoms with Gasteiger partial charge in [0.2, 0.25) is 5.91 Å². The molecule has 1 aromatic carbocycles. The molecule has 1 amide bonds. The molecule has 0 aliphatic carbocycles. The van der Waals surface area contributed by atoms with E-state index >= 15 is 0 Å². The Morgan fingerprint density at radius 2 is 1.76 bits per heavy atom. The highest BCUT2D eigenvalue weighted by Crippen LogP contribution is 2.18. The number of aromatic amines is 1. The molecule has 0 saturated carbocycles. The average molecular weight is 344 g/mol. The largest absolute Gasteiger partial charge is 0.361 e. The van der Waals surface area contributed by atoms with Crippen molar-refractivity contribution in [1.82, 2.24) is 10.3 Å². The molecule has 1 atom stereocenters. The number of unbranched alkanes of at least 4 members (excludes halogenated alkanes) is 7. The Kier molecular flexibility index (Phi) is 8.53. The number of nitrogens with one attached hydrogen (secondary N) is 2. The van der Waals surface area contributed by atoms with E-state index in [4.69, 9.17) is 5.73 Å². The van der Waals surface area contributed by atoms with Gasteiger partial charge >= 0.3 is 0 Å². The summed E-state index contributed by atoms with van der Waals surface area (Å²) >= 11 is 0. The van der Waals surface area contributed by atoms with E-state index in [1.807, 2.05) is 24.4 Å². The lowest BCUT2D eigenvalue weighted by molar-refractivity contribution is -0.122. The molecule has 1 aromatic heterocycles. The van der Waals surface area contributed by atoms with Gasteiger partial charge in [0.1, 0.15) is 0 Å². The highest BCUT2D eigenvalue weighted by molar-refractivity contribution is 5.86. The summed E-state index contributed by atoms with van der Waals surface area (Å²) in [6.45, 7) is 2.97. The van der Waals surface area contributed by atoms with Crippen molar-refractivity contribution in [3.8, 4) is 0 Å². The van der Waals surface area contributed by atoms with Crippen molar-refractivity contribution in [3.05, 3.63) is 36.0 Å². The third-order valence-electron chi connectivity index (χ3n) is 4.78. The summed E-state index contributed by atoms with van der Waals surface area (Å²) < 4.78 is 0. The highest BCUT2D eigenvalue weighted by atomic mass is 16.2. The molecule has 0 aliphatic heterocycles. The van der Waals surface area contributed by atoms with E-state index in [9.17, 15) is 4.79 Å². The third-order valence-corrected chi connectivity index (χ3v) is 4.78. The number of rotatable bonds is 12. The van der Waals surface area contributed by atoms with Gasteiger partial charge in [0.25, 0.3) is 0 Å². The monoisotopic (exact) mass is 343 g/mol. The molecule has 2 rings (SSSR count). The fourth-order valence-electron chi connectivity index (χ4n) is 3.23. The van der Waals surface area contributed by atoms with Crippen LogP contribution in [0.5, 0.6) is 0 Å². The number of hydrogen-bond donors (Lipinski definition) is 3. The maximum absolute atomic E-state index is 12.2. The predicted octanol–water partition coefficient (Wildman–Crippen LogP) is 4.29. The lowest BCUT2D eigenvalue weighted by atomic mass is 10.0. The van der Waals surface area contributed by atoms with Gasteiger partial charge < -0.3 is 16.0 Å². The van der Waals surface area contributed by atoms with E-state index in [1.54, 1.807) is 0 Å². The topological polar surface area (TPSA) is 70.9 Å². The number of aromatic nitrogens is 1. The van der Waals surface area contributed by atoms with Crippen molar-refractivity contribution in [3.63, 3.8) is 0 Å². The molecule has 4 heteroatoms. The maximum Gasteiger partial charge on any atom is 0.237 e. The first-order valence-corrected chi connectivity index (χ1v) is 9.80. The molecule has 2 aromatic rings. The summed E-state index contributed by atoms with van der Waals surface area (Å²) in [6.07, 6.45) is 12.7. The van der Waals surface area contributed by atoms with Gasteiger partial charge in [0.15, 0.2) is 0 Å². The van der Waals surface area contributed by atoms with Gasteiger partial charge in [0, 0.05) is 23.6 Å². The molecule has 0 unspecified atom stereocenters. The van der Waals surface area contributed by atoms with Crippen LogP contribution >= 0.6 is 0 Å². The van der Waals surface area contributed by atoms with Gasteiger partial charge in [-0.2, -0.15) is 0 Å². The Balaban J connectivity index is 1.61. The fourth-order valence-corrected chi connectivity index (χ4v) is 3.23. The Morgan fingerprint density at radius 3 is 2.52 bits per heavy atom. The Morgan fingerprint density at radius 1 is 1.08 bits per heavy atom. The number of para-hydroxylation sites is 1. The molecule has 1 heterocycles. The van der Waals surface area contributed by atoms with Crippen LogP contribution in [-0.2, 0) is 11.2 Å². The molecule has 0 bridgehead atoms. The van der Waals surface area contributed by atoms with Crippen LogP contribution in [0.2, 0.25) is 0 Å². The van der Waals surface area contributed by atoms with Crippen LogP contribution in [0.3, 0.4) is 0 Å². The molecular formula is C21H33N3O. The summed E-state index contributed by atoms with van der Waals surface area (Å²) in [5.41, 5.74) is 8.27. The Hall–Kier alpha value is -1.81. The standard InChI is InChI=1S/C21H33N3O/c1-2-3-4-5-6-7-8-11-14-23-21(25)19(22)15-17-16-24-20-13-10-9-12-18(17)20/h9-10,12-13,16,19,24H,2-8,11,14-15,22H2,1H3,(H,23,25)/t19-/m0/s1. The van der Waals surface area contributed by atoms with Crippen LogP contribution in [-0.4, -0.2) is 23.5 Å². The van der Waals surface area contributed by atoms with Gasteiger partial charge in [-0.1, -0.05) is 70.1 Å². The minimum atomic E-state index is -0.492. The van der Waals surface area contributed by atoms with Crippen molar-refractivity contribution < 1.29 is 4.79 Å². The maximum atomic E-state index is 12.2. The minimum Gasteiger partial charge on any atom is -0.361 e. The van der Waals surface area contributed by atoms with Crippen molar-refractivity contribution in [2.24, 2.45) is 5.73 Å². The van der Waals surface area contributed by atoms with Crippen LogP contribution in [0.15, 0.2) is 30.5 Å². The van der Waals surface area contributed by atoms with Crippen LogP contribution in [0, 0.1) is 0 Å². The van der Waals surface area contributed by atoms with E-state index < -0.39 is 6.04 Å². The van der Waals surface area contributed by atoms with E-state index in [-0.39, 0.29) is 5.91 Å². The van der Waals surface area contributed by atoms with Crippen LogP contribution in [0.25, 0.3) is 10.9 Å². The molecule has 4 N–H and O–H groups in total. The minimum absolute atomic E-state index is 0.0479. The van der Waals surface area contributed by atoms with E-state index in [0.29, 0.717) is 6.42 Å². The number of H-pyrrole nitrogens is 1. The first kappa shape index (κ1) is 19.5.